The number of rotatable bonds is 9. The summed E-state index contributed by atoms with van der Waals surface area (Å²) >= 11 is 0. The lowest BCUT2D eigenvalue weighted by Crippen LogP contribution is -2.16. The SMILES string of the molecule is CCOC(=O)c1ccccc1NC(=O)c1ccnc(NCCCOC)c1. The predicted octanol–water partition coefficient (Wildman–Crippen LogP) is 2.96. The Hall–Kier alpha value is -2.93. The Balaban J connectivity index is 2.07. The van der Waals surface area contributed by atoms with E-state index in [0.717, 1.165) is 6.42 Å². The number of para-hydroxylation sites is 1. The van der Waals surface area contributed by atoms with Gasteiger partial charge in [-0.25, -0.2) is 9.78 Å². The summed E-state index contributed by atoms with van der Waals surface area (Å²) in [5.74, 6) is -0.199. The van der Waals surface area contributed by atoms with Gasteiger partial charge in [-0.3, -0.25) is 4.79 Å². The van der Waals surface area contributed by atoms with Gasteiger partial charge in [-0.15, -0.1) is 0 Å². The smallest absolute Gasteiger partial charge is 0.340 e. The zero-order valence-electron chi connectivity index (χ0n) is 15.0. The number of nitrogens with one attached hydrogen (secondary N) is 2. The molecule has 1 aromatic heterocycles. The van der Waals surface area contributed by atoms with E-state index in [1.54, 1.807) is 56.6 Å². The molecule has 2 rings (SSSR count). The van der Waals surface area contributed by atoms with Crippen molar-refractivity contribution in [2.75, 3.05) is 37.5 Å². The fourth-order valence-corrected chi connectivity index (χ4v) is 2.27. The number of carbonyl (C=O) groups is 2. The molecule has 0 saturated carbocycles. The van der Waals surface area contributed by atoms with Crippen molar-refractivity contribution < 1.29 is 19.1 Å². The number of hydrogen-bond acceptors (Lipinski definition) is 6. The minimum Gasteiger partial charge on any atom is -0.462 e. The van der Waals surface area contributed by atoms with Crippen molar-refractivity contribution in [2.24, 2.45) is 0 Å². The van der Waals surface area contributed by atoms with E-state index in [9.17, 15) is 9.59 Å². The zero-order chi connectivity index (χ0) is 18.8. The van der Waals surface area contributed by atoms with Crippen LogP contribution < -0.4 is 10.6 Å². The topological polar surface area (TPSA) is 89.5 Å². The predicted molar refractivity (Wildman–Crippen MR) is 99.6 cm³/mol. The summed E-state index contributed by atoms with van der Waals surface area (Å²) in [6.45, 7) is 3.34. The minimum atomic E-state index is -0.473. The molecule has 0 aliphatic heterocycles. The van der Waals surface area contributed by atoms with E-state index in [1.807, 2.05) is 0 Å². The standard InChI is InChI=1S/C19H23N3O4/c1-3-26-19(24)15-7-4-5-8-16(15)22-18(23)14-9-11-21-17(13-14)20-10-6-12-25-2/h4-5,7-9,11,13H,3,6,10,12H2,1-2H3,(H,20,21)(H,22,23). The zero-order valence-corrected chi connectivity index (χ0v) is 15.0. The third kappa shape index (κ3) is 5.56. The van der Waals surface area contributed by atoms with Gasteiger partial charge in [-0.1, -0.05) is 12.1 Å². The highest BCUT2D eigenvalue weighted by Crippen LogP contribution is 2.18. The van der Waals surface area contributed by atoms with E-state index in [0.29, 0.717) is 35.8 Å². The average Bonchev–Trinajstić information content (AvgIpc) is 2.66. The van der Waals surface area contributed by atoms with Gasteiger partial charge < -0.3 is 20.1 Å². The second-order valence-corrected chi connectivity index (χ2v) is 5.42. The third-order valence-corrected chi connectivity index (χ3v) is 3.52. The summed E-state index contributed by atoms with van der Waals surface area (Å²) < 4.78 is 10.0. The molecule has 26 heavy (non-hydrogen) atoms. The van der Waals surface area contributed by atoms with Gasteiger partial charge in [-0.05, 0) is 37.6 Å². The molecule has 0 fully saturated rings. The fraction of sp³-hybridized carbons (Fsp3) is 0.316. The minimum absolute atomic E-state index is 0.267. The number of hydrogen-bond donors (Lipinski definition) is 2. The van der Waals surface area contributed by atoms with Crippen LogP contribution in [0, 0.1) is 0 Å². The average molecular weight is 357 g/mol. The summed E-state index contributed by atoms with van der Waals surface area (Å²) in [7, 11) is 1.65. The van der Waals surface area contributed by atoms with Crippen LogP contribution in [0.1, 0.15) is 34.1 Å². The third-order valence-electron chi connectivity index (χ3n) is 3.52. The molecular formula is C19H23N3O4. The number of nitrogens with zero attached hydrogens (tertiary/aromatic N) is 1. The van der Waals surface area contributed by atoms with Gasteiger partial charge in [0.2, 0.25) is 0 Å². The van der Waals surface area contributed by atoms with E-state index in [2.05, 4.69) is 15.6 Å². The lowest BCUT2D eigenvalue weighted by Gasteiger charge is -2.11. The molecule has 0 bridgehead atoms. The molecule has 0 aliphatic carbocycles. The number of methoxy groups -OCH3 is 1. The number of esters is 1. The Kier molecular flexibility index (Phi) is 7.57. The molecule has 2 N–H and O–H groups in total. The van der Waals surface area contributed by atoms with Crippen LogP contribution in [0.15, 0.2) is 42.6 Å². The van der Waals surface area contributed by atoms with Gasteiger partial charge in [0.1, 0.15) is 5.82 Å². The number of carbonyl (C=O) groups excluding carboxylic acids is 2. The normalized spacial score (nSPS) is 10.2. The first-order chi connectivity index (χ1) is 12.7. The highest BCUT2D eigenvalue weighted by atomic mass is 16.5. The molecule has 0 spiro atoms. The van der Waals surface area contributed by atoms with Crippen LogP contribution in [0.25, 0.3) is 0 Å². The van der Waals surface area contributed by atoms with E-state index in [-0.39, 0.29) is 12.5 Å². The number of pyridine rings is 1. The first-order valence-corrected chi connectivity index (χ1v) is 8.42. The van der Waals surface area contributed by atoms with Crippen LogP contribution >= 0.6 is 0 Å². The van der Waals surface area contributed by atoms with Gasteiger partial charge in [0.25, 0.3) is 5.91 Å². The number of ether oxygens (including phenoxy) is 2. The first kappa shape index (κ1) is 19.4. The first-order valence-electron chi connectivity index (χ1n) is 8.42. The largest absolute Gasteiger partial charge is 0.462 e. The van der Waals surface area contributed by atoms with Crippen molar-refractivity contribution >= 4 is 23.4 Å². The summed E-state index contributed by atoms with van der Waals surface area (Å²) in [6.07, 6.45) is 2.40. The highest BCUT2D eigenvalue weighted by molar-refractivity contribution is 6.08. The Morgan fingerprint density at radius 2 is 2.00 bits per heavy atom. The van der Waals surface area contributed by atoms with Crippen molar-refractivity contribution in [1.82, 2.24) is 4.98 Å². The molecular weight excluding hydrogens is 334 g/mol. The Bertz CT molecular complexity index is 749. The Morgan fingerprint density at radius 3 is 2.77 bits per heavy atom. The van der Waals surface area contributed by atoms with Gasteiger partial charge in [-0.2, -0.15) is 0 Å². The summed E-state index contributed by atoms with van der Waals surface area (Å²) in [4.78, 5) is 28.7. The molecule has 7 nitrogen and oxygen atoms in total. The maximum absolute atomic E-state index is 12.5. The molecule has 138 valence electrons. The summed E-state index contributed by atoms with van der Waals surface area (Å²) in [5, 5.41) is 5.89. The van der Waals surface area contributed by atoms with E-state index in [4.69, 9.17) is 9.47 Å². The van der Waals surface area contributed by atoms with Crippen molar-refractivity contribution in [2.45, 2.75) is 13.3 Å². The molecule has 0 saturated heterocycles. The monoisotopic (exact) mass is 357 g/mol. The van der Waals surface area contributed by atoms with Crippen molar-refractivity contribution in [1.29, 1.82) is 0 Å². The Labute approximate surface area is 152 Å². The maximum atomic E-state index is 12.5. The van der Waals surface area contributed by atoms with Crippen molar-refractivity contribution in [3.63, 3.8) is 0 Å². The maximum Gasteiger partial charge on any atom is 0.340 e. The Morgan fingerprint density at radius 1 is 1.19 bits per heavy atom. The number of aromatic nitrogens is 1. The van der Waals surface area contributed by atoms with E-state index < -0.39 is 5.97 Å². The molecule has 7 heteroatoms. The fourth-order valence-electron chi connectivity index (χ4n) is 2.27. The molecule has 0 unspecified atom stereocenters. The highest BCUT2D eigenvalue weighted by Gasteiger charge is 2.15. The van der Waals surface area contributed by atoms with Crippen molar-refractivity contribution in [3.8, 4) is 0 Å². The van der Waals surface area contributed by atoms with Crippen LogP contribution in [0.4, 0.5) is 11.5 Å². The molecule has 0 radical (unpaired) electrons. The molecule has 0 atom stereocenters. The number of anilines is 2. The number of amides is 1. The second-order valence-electron chi connectivity index (χ2n) is 5.42. The second kappa shape index (κ2) is 10.1. The van der Waals surface area contributed by atoms with Gasteiger partial charge in [0.05, 0.1) is 17.9 Å². The summed E-state index contributed by atoms with van der Waals surface area (Å²) in [5.41, 5.74) is 1.16. The van der Waals surface area contributed by atoms with Crippen LogP contribution in [0.2, 0.25) is 0 Å². The van der Waals surface area contributed by atoms with Crippen LogP contribution in [-0.4, -0.2) is 43.7 Å². The molecule has 0 aliphatic rings. The molecule has 1 heterocycles. The van der Waals surface area contributed by atoms with Gasteiger partial charge in [0.15, 0.2) is 0 Å². The number of benzene rings is 1. The summed E-state index contributed by atoms with van der Waals surface area (Å²) in [6, 6.07) is 10.0. The van der Waals surface area contributed by atoms with Gasteiger partial charge in [0, 0.05) is 32.0 Å². The van der Waals surface area contributed by atoms with Crippen molar-refractivity contribution in [3.05, 3.63) is 53.7 Å². The molecule has 1 aromatic carbocycles. The molecule has 1 amide bonds. The van der Waals surface area contributed by atoms with E-state index >= 15 is 0 Å². The van der Waals surface area contributed by atoms with E-state index in [1.165, 1.54) is 0 Å². The quantitative estimate of drug-likeness (QED) is 0.530. The molecule has 2 aromatic rings. The lowest BCUT2D eigenvalue weighted by molar-refractivity contribution is 0.0527. The van der Waals surface area contributed by atoms with Crippen LogP contribution in [0.5, 0.6) is 0 Å². The van der Waals surface area contributed by atoms with Gasteiger partial charge >= 0.3 is 5.97 Å². The lowest BCUT2D eigenvalue weighted by atomic mass is 10.1. The van der Waals surface area contributed by atoms with Crippen LogP contribution in [-0.2, 0) is 9.47 Å². The van der Waals surface area contributed by atoms with Crippen LogP contribution in [0.3, 0.4) is 0 Å².